The number of fused-ring (bicyclic) bond motifs is 1. The lowest BCUT2D eigenvalue weighted by atomic mass is 10.0. The molecular formula is C25H33N5O2S. The van der Waals surface area contributed by atoms with Crippen molar-refractivity contribution in [2.75, 3.05) is 30.3 Å². The summed E-state index contributed by atoms with van der Waals surface area (Å²) in [6.45, 7) is 4.95. The number of nitrogens with zero attached hydrogens (tertiary/aromatic N) is 2. The summed E-state index contributed by atoms with van der Waals surface area (Å²) in [4.78, 5) is 20.2. The number of nitrogens with one attached hydrogen (secondary N) is 1. The van der Waals surface area contributed by atoms with E-state index in [0.29, 0.717) is 22.4 Å². The first-order valence-corrected chi connectivity index (χ1v) is 12.6. The molecule has 8 heteroatoms. The summed E-state index contributed by atoms with van der Waals surface area (Å²) in [5.74, 6) is 0.850. The van der Waals surface area contributed by atoms with E-state index in [4.69, 9.17) is 16.5 Å². The average Bonchev–Trinajstić information content (AvgIpc) is 3.15. The van der Waals surface area contributed by atoms with Crippen LogP contribution in [0.5, 0.6) is 5.75 Å². The van der Waals surface area contributed by atoms with E-state index in [-0.39, 0.29) is 0 Å². The highest BCUT2D eigenvalue weighted by molar-refractivity contribution is 7.21. The molecule has 0 unspecified atom stereocenters. The lowest BCUT2D eigenvalue weighted by Crippen LogP contribution is -2.43. The van der Waals surface area contributed by atoms with Crippen LogP contribution in [0.4, 0.5) is 11.5 Å². The fraction of sp³-hybridized carbons (Fsp3) is 0.440. The summed E-state index contributed by atoms with van der Waals surface area (Å²) in [7, 11) is 0. The van der Waals surface area contributed by atoms with Crippen molar-refractivity contribution in [2.45, 2.75) is 51.5 Å². The number of nitrogen functional groups attached to an aromatic ring is 1. The Morgan fingerprint density at radius 2 is 2.00 bits per heavy atom. The number of phenolic OH excluding ortho intramolecular Hbond substituents is 1. The molecule has 1 fully saturated rings. The van der Waals surface area contributed by atoms with Crippen molar-refractivity contribution in [1.29, 1.82) is 0 Å². The number of piperidine rings is 1. The average molecular weight is 468 g/mol. The van der Waals surface area contributed by atoms with Crippen LogP contribution in [0.15, 0.2) is 30.3 Å². The van der Waals surface area contributed by atoms with Gasteiger partial charge in [-0.1, -0.05) is 31.5 Å². The van der Waals surface area contributed by atoms with Gasteiger partial charge in [-0.05, 0) is 61.9 Å². The van der Waals surface area contributed by atoms with Gasteiger partial charge in [0.1, 0.15) is 21.3 Å². The Kier molecular flexibility index (Phi) is 7.35. The van der Waals surface area contributed by atoms with Gasteiger partial charge >= 0.3 is 0 Å². The number of para-hydroxylation sites is 1. The molecule has 1 aliphatic rings. The number of pyridine rings is 1. The molecule has 3 heterocycles. The fourth-order valence-electron chi connectivity index (χ4n) is 4.62. The highest BCUT2D eigenvalue weighted by Gasteiger charge is 2.23. The van der Waals surface area contributed by atoms with Crippen LogP contribution >= 0.6 is 11.3 Å². The number of hydrogen-bond donors (Lipinski definition) is 4. The third-order valence-corrected chi connectivity index (χ3v) is 7.49. The molecule has 0 atom stereocenters. The molecule has 1 saturated heterocycles. The Labute approximate surface area is 198 Å². The van der Waals surface area contributed by atoms with Crippen LogP contribution in [0.1, 0.15) is 53.4 Å². The van der Waals surface area contributed by atoms with Gasteiger partial charge in [0.2, 0.25) is 0 Å². The van der Waals surface area contributed by atoms with Crippen LogP contribution in [-0.4, -0.2) is 41.7 Å². The maximum Gasteiger partial charge on any atom is 0.260 e. The van der Waals surface area contributed by atoms with Gasteiger partial charge in [-0.25, -0.2) is 4.98 Å². The first kappa shape index (κ1) is 23.3. The zero-order valence-corrected chi connectivity index (χ0v) is 20.0. The van der Waals surface area contributed by atoms with E-state index in [1.165, 1.54) is 11.3 Å². The molecule has 0 aliphatic carbocycles. The van der Waals surface area contributed by atoms with E-state index in [0.717, 1.165) is 85.3 Å². The van der Waals surface area contributed by atoms with Crippen molar-refractivity contribution in [3.05, 3.63) is 46.3 Å². The standard InChI is InChI=1S/C25H33N5O2S/c1-2-6-17-15-20(29-25-21(17)22(26)23(33-25)24(27)32)30-13-10-18(11-14-30)28-12-5-8-16-7-3-4-9-19(16)31/h3-4,7,9,15,18,28,31H,2,5-6,8,10-14,26H2,1H3,(H2,27,32). The van der Waals surface area contributed by atoms with Crippen molar-refractivity contribution in [3.63, 3.8) is 0 Å². The highest BCUT2D eigenvalue weighted by Crippen LogP contribution is 2.37. The van der Waals surface area contributed by atoms with Gasteiger partial charge in [0, 0.05) is 24.5 Å². The zero-order chi connectivity index (χ0) is 23.4. The van der Waals surface area contributed by atoms with Gasteiger partial charge in [0.05, 0.1) is 5.69 Å². The van der Waals surface area contributed by atoms with Crippen molar-refractivity contribution in [3.8, 4) is 5.75 Å². The number of nitrogens with two attached hydrogens (primary N) is 2. The highest BCUT2D eigenvalue weighted by atomic mass is 32.1. The van der Waals surface area contributed by atoms with E-state index < -0.39 is 5.91 Å². The normalized spacial score (nSPS) is 14.8. The summed E-state index contributed by atoms with van der Waals surface area (Å²) in [5.41, 5.74) is 14.4. The van der Waals surface area contributed by atoms with Gasteiger partial charge in [-0.15, -0.1) is 11.3 Å². The summed E-state index contributed by atoms with van der Waals surface area (Å²) in [6, 6.07) is 10.2. The van der Waals surface area contributed by atoms with Crippen LogP contribution in [0.2, 0.25) is 0 Å². The van der Waals surface area contributed by atoms with Gasteiger partial charge in [0.15, 0.2) is 0 Å². The monoisotopic (exact) mass is 467 g/mol. The number of primary amides is 1. The molecule has 1 aliphatic heterocycles. The smallest absolute Gasteiger partial charge is 0.260 e. The van der Waals surface area contributed by atoms with Gasteiger partial charge < -0.3 is 26.8 Å². The Hall–Kier alpha value is -2.84. The SMILES string of the molecule is CCCc1cc(N2CCC(NCCCc3ccccc3O)CC2)nc2sc(C(N)=O)c(N)c12. The lowest BCUT2D eigenvalue weighted by molar-refractivity contribution is 0.100. The Morgan fingerprint density at radius 3 is 2.70 bits per heavy atom. The third-order valence-electron chi connectivity index (χ3n) is 6.38. The van der Waals surface area contributed by atoms with Gasteiger partial charge in [-0.2, -0.15) is 0 Å². The molecule has 0 bridgehead atoms. The van der Waals surface area contributed by atoms with Crippen molar-refractivity contribution in [2.24, 2.45) is 5.73 Å². The molecule has 0 spiro atoms. The number of carbonyl (C=O) groups is 1. The topological polar surface area (TPSA) is 117 Å². The lowest BCUT2D eigenvalue weighted by Gasteiger charge is -2.33. The molecular weight excluding hydrogens is 434 g/mol. The van der Waals surface area contributed by atoms with Crippen molar-refractivity contribution < 1.29 is 9.90 Å². The number of thiophene rings is 1. The van der Waals surface area contributed by atoms with Crippen LogP contribution in [0.25, 0.3) is 10.2 Å². The van der Waals surface area contributed by atoms with E-state index in [2.05, 4.69) is 23.2 Å². The fourth-order valence-corrected chi connectivity index (χ4v) is 5.60. The third kappa shape index (κ3) is 5.23. The molecule has 1 aromatic carbocycles. The molecule has 176 valence electrons. The summed E-state index contributed by atoms with van der Waals surface area (Å²) >= 11 is 1.30. The quantitative estimate of drug-likeness (QED) is 0.355. The Balaban J connectivity index is 1.36. The van der Waals surface area contributed by atoms with Crippen molar-refractivity contribution in [1.82, 2.24) is 10.3 Å². The van der Waals surface area contributed by atoms with Crippen LogP contribution in [0.3, 0.4) is 0 Å². The number of aromatic hydroxyl groups is 1. The molecule has 0 saturated carbocycles. The van der Waals surface area contributed by atoms with E-state index in [9.17, 15) is 9.90 Å². The second-order valence-corrected chi connectivity index (χ2v) is 9.73. The van der Waals surface area contributed by atoms with Crippen LogP contribution < -0.4 is 21.7 Å². The summed E-state index contributed by atoms with van der Waals surface area (Å²) in [5, 5.41) is 14.5. The van der Waals surface area contributed by atoms with Gasteiger partial charge in [-0.3, -0.25) is 4.79 Å². The Bertz CT molecular complexity index is 1120. The second kappa shape index (κ2) is 10.4. The number of aryl methyl sites for hydroxylation is 2. The van der Waals surface area contributed by atoms with E-state index >= 15 is 0 Å². The maximum absolute atomic E-state index is 11.8. The van der Waals surface area contributed by atoms with E-state index in [1.54, 1.807) is 6.07 Å². The predicted molar refractivity (Wildman–Crippen MR) is 136 cm³/mol. The largest absolute Gasteiger partial charge is 0.508 e. The first-order valence-electron chi connectivity index (χ1n) is 11.7. The molecule has 33 heavy (non-hydrogen) atoms. The first-order chi connectivity index (χ1) is 16.0. The summed E-state index contributed by atoms with van der Waals surface area (Å²) < 4.78 is 0. The molecule has 4 rings (SSSR count). The minimum Gasteiger partial charge on any atom is -0.508 e. The molecule has 6 N–H and O–H groups in total. The van der Waals surface area contributed by atoms with Crippen LogP contribution in [-0.2, 0) is 12.8 Å². The molecule has 3 aromatic rings. The summed E-state index contributed by atoms with van der Waals surface area (Å²) in [6.07, 6.45) is 5.86. The predicted octanol–water partition coefficient (Wildman–Crippen LogP) is 3.83. The number of rotatable bonds is 9. The molecule has 7 nitrogen and oxygen atoms in total. The zero-order valence-electron chi connectivity index (χ0n) is 19.1. The minimum atomic E-state index is -0.492. The molecule has 2 aromatic heterocycles. The number of hydrogen-bond acceptors (Lipinski definition) is 7. The number of phenols is 1. The van der Waals surface area contributed by atoms with Crippen LogP contribution in [0, 0.1) is 0 Å². The number of benzene rings is 1. The number of amides is 1. The Morgan fingerprint density at radius 1 is 1.24 bits per heavy atom. The number of aromatic nitrogens is 1. The maximum atomic E-state index is 11.8. The molecule has 1 amide bonds. The second-order valence-electron chi connectivity index (χ2n) is 8.73. The number of carbonyl (C=O) groups excluding carboxylic acids is 1. The van der Waals surface area contributed by atoms with Crippen molar-refractivity contribution >= 4 is 39.0 Å². The molecule has 0 radical (unpaired) electrons. The minimum absolute atomic E-state index is 0.383. The van der Waals surface area contributed by atoms with Gasteiger partial charge in [0.25, 0.3) is 5.91 Å². The number of anilines is 2. The van der Waals surface area contributed by atoms with E-state index in [1.807, 2.05) is 18.2 Å².